The third-order valence-corrected chi connectivity index (χ3v) is 2.86. The molecule has 2 rings (SSSR count). The molecule has 0 aromatic heterocycles. The predicted octanol–water partition coefficient (Wildman–Crippen LogP) is 3.53. The van der Waals surface area contributed by atoms with Crippen LogP contribution in [0.25, 0.3) is 0 Å². The number of ether oxygens (including phenoxy) is 1. The number of hydrogen-bond donors (Lipinski definition) is 1. The lowest BCUT2D eigenvalue weighted by molar-refractivity contribution is 0.102. The van der Waals surface area contributed by atoms with Crippen molar-refractivity contribution in [1.29, 1.82) is 0 Å². The van der Waals surface area contributed by atoms with Gasteiger partial charge in [-0.1, -0.05) is 6.07 Å². The smallest absolute Gasteiger partial charge is 0.256 e. The van der Waals surface area contributed by atoms with Gasteiger partial charge >= 0.3 is 0 Å². The molecular formula is C15H13F2NO2. The molecule has 0 bridgehead atoms. The Bertz CT molecular complexity index is 656. The van der Waals surface area contributed by atoms with Gasteiger partial charge in [-0.15, -0.1) is 0 Å². The lowest BCUT2D eigenvalue weighted by atomic mass is 10.1. The summed E-state index contributed by atoms with van der Waals surface area (Å²) in [6.45, 7) is 1.70. The van der Waals surface area contributed by atoms with Crippen molar-refractivity contribution >= 4 is 11.6 Å². The molecule has 1 amide bonds. The van der Waals surface area contributed by atoms with E-state index in [1.807, 2.05) is 0 Å². The van der Waals surface area contributed by atoms with E-state index in [1.54, 1.807) is 6.92 Å². The van der Waals surface area contributed by atoms with Crippen LogP contribution in [0.3, 0.4) is 0 Å². The number of carbonyl (C=O) groups is 1. The molecule has 2 aromatic rings. The van der Waals surface area contributed by atoms with E-state index in [4.69, 9.17) is 4.74 Å². The van der Waals surface area contributed by atoms with Gasteiger partial charge in [0, 0.05) is 11.6 Å². The Morgan fingerprint density at radius 2 is 1.75 bits per heavy atom. The standard InChI is InChI=1S/C15H13F2NO2/c1-9-3-4-10(16)7-12(9)15(19)18-13-6-5-11(17)8-14(13)20-2/h3-8H,1-2H3,(H,18,19). The van der Waals surface area contributed by atoms with Crippen molar-refractivity contribution in [2.24, 2.45) is 0 Å². The van der Waals surface area contributed by atoms with Crippen molar-refractivity contribution in [1.82, 2.24) is 0 Å². The van der Waals surface area contributed by atoms with Gasteiger partial charge in [0.05, 0.1) is 12.8 Å². The van der Waals surface area contributed by atoms with Gasteiger partial charge in [0.15, 0.2) is 0 Å². The van der Waals surface area contributed by atoms with E-state index in [9.17, 15) is 13.6 Å². The van der Waals surface area contributed by atoms with Gasteiger partial charge in [-0.3, -0.25) is 4.79 Å². The van der Waals surface area contributed by atoms with Crippen LogP contribution in [-0.2, 0) is 0 Å². The van der Waals surface area contributed by atoms with Gasteiger partial charge < -0.3 is 10.1 Å². The van der Waals surface area contributed by atoms with Crippen LogP contribution in [0.1, 0.15) is 15.9 Å². The molecule has 20 heavy (non-hydrogen) atoms. The third kappa shape index (κ3) is 2.93. The maximum Gasteiger partial charge on any atom is 0.256 e. The first kappa shape index (κ1) is 14.0. The van der Waals surface area contributed by atoms with Crippen LogP contribution in [0, 0.1) is 18.6 Å². The Morgan fingerprint density at radius 3 is 2.45 bits per heavy atom. The highest BCUT2D eigenvalue weighted by molar-refractivity contribution is 6.06. The fourth-order valence-corrected chi connectivity index (χ4v) is 1.80. The Balaban J connectivity index is 2.30. The molecule has 104 valence electrons. The van der Waals surface area contributed by atoms with Crippen LogP contribution in [0.15, 0.2) is 36.4 Å². The fourth-order valence-electron chi connectivity index (χ4n) is 1.80. The molecule has 5 heteroatoms. The molecule has 3 nitrogen and oxygen atoms in total. The molecule has 0 spiro atoms. The normalized spacial score (nSPS) is 10.2. The lowest BCUT2D eigenvalue weighted by Gasteiger charge is -2.11. The largest absolute Gasteiger partial charge is 0.494 e. The zero-order valence-electron chi connectivity index (χ0n) is 11.0. The van der Waals surface area contributed by atoms with E-state index < -0.39 is 17.5 Å². The number of aryl methyl sites for hydroxylation is 1. The Labute approximate surface area is 115 Å². The summed E-state index contributed by atoms with van der Waals surface area (Å²) in [7, 11) is 1.37. The summed E-state index contributed by atoms with van der Waals surface area (Å²) in [6.07, 6.45) is 0. The topological polar surface area (TPSA) is 38.3 Å². The monoisotopic (exact) mass is 277 g/mol. The molecule has 0 aliphatic heterocycles. The summed E-state index contributed by atoms with van der Waals surface area (Å²) < 4.78 is 31.2. The second-order valence-corrected chi connectivity index (χ2v) is 4.26. The van der Waals surface area contributed by atoms with Crippen molar-refractivity contribution in [3.8, 4) is 5.75 Å². The van der Waals surface area contributed by atoms with Gasteiger partial charge in [0.2, 0.25) is 0 Å². The zero-order valence-corrected chi connectivity index (χ0v) is 11.0. The first-order chi connectivity index (χ1) is 9.51. The average molecular weight is 277 g/mol. The van der Waals surface area contributed by atoms with Gasteiger partial charge in [0.1, 0.15) is 17.4 Å². The van der Waals surface area contributed by atoms with E-state index in [-0.39, 0.29) is 11.3 Å². The summed E-state index contributed by atoms with van der Waals surface area (Å²) in [5, 5.41) is 2.58. The molecule has 0 heterocycles. The number of anilines is 1. The molecule has 2 aromatic carbocycles. The average Bonchev–Trinajstić information content (AvgIpc) is 2.43. The second-order valence-electron chi connectivity index (χ2n) is 4.26. The number of halogens is 2. The fraction of sp³-hybridized carbons (Fsp3) is 0.133. The molecule has 0 saturated heterocycles. The van der Waals surface area contributed by atoms with Crippen molar-refractivity contribution < 1.29 is 18.3 Å². The highest BCUT2D eigenvalue weighted by Crippen LogP contribution is 2.25. The summed E-state index contributed by atoms with van der Waals surface area (Å²) in [5.41, 5.74) is 1.18. The summed E-state index contributed by atoms with van der Waals surface area (Å²) in [6, 6.07) is 7.71. The Morgan fingerprint density at radius 1 is 1.10 bits per heavy atom. The van der Waals surface area contributed by atoms with Crippen LogP contribution < -0.4 is 10.1 Å². The molecule has 0 aliphatic carbocycles. The summed E-state index contributed by atoms with van der Waals surface area (Å²) >= 11 is 0. The van der Waals surface area contributed by atoms with Crippen LogP contribution in [0.4, 0.5) is 14.5 Å². The second kappa shape index (κ2) is 5.69. The molecular weight excluding hydrogens is 264 g/mol. The maximum atomic E-state index is 13.2. The number of benzene rings is 2. The van der Waals surface area contributed by atoms with Crippen LogP contribution in [-0.4, -0.2) is 13.0 Å². The highest BCUT2D eigenvalue weighted by atomic mass is 19.1. The SMILES string of the molecule is COc1cc(F)ccc1NC(=O)c1cc(F)ccc1C. The minimum Gasteiger partial charge on any atom is -0.494 e. The van der Waals surface area contributed by atoms with Crippen molar-refractivity contribution in [3.63, 3.8) is 0 Å². The third-order valence-electron chi connectivity index (χ3n) is 2.86. The zero-order chi connectivity index (χ0) is 14.7. The van der Waals surface area contributed by atoms with Crippen LogP contribution in [0.2, 0.25) is 0 Å². The quantitative estimate of drug-likeness (QED) is 0.932. The lowest BCUT2D eigenvalue weighted by Crippen LogP contribution is -2.14. The maximum absolute atomic E-state index is 13.2. The molecule has 0 radical (unpaired) electrons. The van der Waals surface area contributed by atoms with Crippen molar-refractivity contribution in [2.45, 2.75) is 6.92 Å². The van der Waals surface area contributed by atoms with Gasteiger partial charge in [0.25, 0.3) is 5.91 Å². The molecule has 0 atom stereocenters. The van der Waals surface area contributed by atoms with Gasteiger partial charge in [-0.25, -0.2) is 8.78 Å². The molecule has 0 saturated carbocycles. The summed E-state index contributed by atoms with van der Waals surface area (Å²) in [4.78, 5) is 12.1. The number of carbonyl (C=O) groups excluding carboxylic acids is 1. The summed E-state index contributed by atoms with van der Waals surface area (Å²) in [5.74, 6) is -1.24. The number of nitrogens with one attached hydrogen (secondary N) is 1. The van der Waals surface area contributed by atoms with E-state index in [0.29, 0.717) is 11.3 Å². The van der Waals surface area contributed by atoms with Crippen molar-refractivity contribution in [2.75, 3.05) is 12.4 Å². The van der Waals surface area contributed by atoms with Crippen molar-refractivity contribution in [3.05, 3.63) is 59.2 Å². The van der Waals surface area contributed by atoms with E-state index >= 15 is 0 Å². The molecule has 0 aliphatic rings. The predicted molar refractivity (Wildman–Crippen MR) is 72.0 cm³/mol. The van der Waals surface area contributed by atoms with E-state index in [0.717, 1.165) is 12.1 Å². The first-order valence-corrected chi connectivity index (χ1v) is 5.92. The Kier molecular flexibility index (Phi) is 3.98. The molecule has 0 fully saturated rings. The number of rotatable bonds is 3. The number of amides is 1. The number of methoxy groups -OCH3 is 1. The van der Waals surface area contributed by atoms with E-state index in [2.05, 4.69) is 5.32 Å². The van der Waals surface area contributed by atoms with E-state index in [1.165, 1.54) is 31.4 Å². The highest BCUT2D eigenvalue weighted by Gasteiger charge is 2.13. The minimum atomic E-state index is -0.494. The Hall–Kier alpha value is -2.43. The first-order valence-electron chi connectivity index (χ1n) is 5.92. The van der Waals surface area contributed by atoms with Crippen LogP contribution in [0.5, 0.6) is 5.75 Å². The van der Waals surface area contributed by atoms with Gasteiger partial charge in [-0.05, 0) is 36.8 Å². The molecule has 0 unspecified atom stereocenters. The molecule has 1 N–H and O–H groups in total. The minimum absolute atomic E-state index is 0.201. The van der Waals surface area contributed by atoms with Gasteiger partial charge in [-0.2, -0.15) is 0 Å². The number of hydrogen-bond acceptors (Lipinski definition) is 2. The van der Waals surface area contributed by atoms with Crippen LogP contribution >= 0.6 is 0 Å².